The van der Waals surface area contributed by atoms with Crippen LogP contribution in [0.3, 0.4) is 0 Å². The van der Waals surface area contributed by atoms with Gasteiger partial charge in [-0.3, -0.25) is 9.58 Å². The molecular weight excluding hydrogens is 292 g/mol. The molecule has 2 aromatic rings. The highest BCUT2D eigenvalue weighted by atomic mass is 16.6. The summed E-state index contributed by atoms with van der Waals surface area (Å²) in [4.78, 5) is 14.2. The van der Waals surface area contributed by atoms with Crippen molar-refractivity contribution in [3.63, 3.8) is 0 Å². The minimum absolute atomic E-state index is 0.326. The van der Waals surface area contributed by atoms with Crippen molar-refractivity contribution >= 4 is 17.6 Å². The number of nitrogens with two attached hydrogens (primary N) is 1. The largest absolute Gasteiger partial charge is 0.443 e. The van der Waals surface area contributed by atoms with Crippen molar-refractivity contribution in [2.75, 3.05) is 17.2 Å². The Hall–Kier alpha value is -2.50. The fraction of sp³-hybridized carbons (Fsp3) is 0.412. The van der Waals surface area contributed by atoms with E-state index < -0.39 is 5.60 Å². The van der Waals surface area contributed by atoms with Gasteiger partial charge in [-0.2, -0.15) is 5.10 Å². The Morgan fingerprint density at radius 2 is 2.09 bits per heavy atom. The lowest BCUT2D eigenvalue weighted by Gasteiger charge is -2.25. The molecular formula is C17H22N4O2. The highest BCUT2D eigenvalue weighted by molar-refractivity contribution is 5.96. The van der Waals surface area contributed by atoms with E-state index in [-0.39, 0.29) is 6.09 Å². The maximum absolute atomic E-state index is 12.5. The summed E-state index contributed by atoms with van der Waals surface area (Å²) in [6.45, 7) is 6.22. The number of ether oxygens (including phenoxy) is 1. The van der Waals surface area contributed by atoms with Crippen molar-refractivity contribution in [3.05, 3.63) is 29.8 Å². The molecule has 1 aliphatic heterocycles. The van der Waals surface area contributed by atoms with Gasteiger partial charge in [-0.15, -0.1) is 0 Å². The molecule has 6 heteroatoms. The first-order valence-corrected chi connectivity index (χ1v) is 7.68. The number of carbonyl (C=O) groups is 1. The van der Waals surface area contributed by atoms with Gasteiger partial charge in [0.1, 0.15) is 11.4 Å². The average molecular weight is 314 g/mol. The Balaban J connectivity index is 2.03. The molecule has 122 valence electrons. The highest BCUT2D eigenvalue weighted by Gasteiger charge is 2.31. The van der Waals surface area contributed by atoms with Gasteiger partial charge in [0, 0.05) is 25.2 Å². The number of para-hydroxylation sites is 1. The Morgan fingerprint density at radius 3 is 2.70 bits per heavy atom. The van der Waals surface area contributed by atoms with Gasteiger partial charge in [0.15, 0.2) is 0 Å². The van der Waals surface area contributed by atoms with Crippen LogP contribution in [0.4, 0.5) is 16.3 Å². The summed E-state index contributed by atoms with van der Waals surface area (Å²) in [5, 5.41) is 4.44. The zero-order chi connectivity index (χ0) is 16.8. The summed E-state index contributed by atoms with van der Waals surface area (Å²) < 4.78 is 7.16. The molecule has 3 rings (SSSR count). The van der Waals surface area contributed by atoms with Crippen LogP contribution in [-0.2, 0) is 18.2 Å². The van der Waals surface area contributed by atoms with E-state index >= 15 is 0 Å². The Kier molecular flexibility index (Phi) is 3.55. The van der Waals surface area contributed by atoms with Gasteiger partial charge < -0.3 is 10.5 Å². The molecule has 23 heavy (non-hydrogen) atoms. The lowest BCUT2D eigenvalue weighted by molar-refractivity contribution is 0.0584. The summed E-state index contributed by atoms with van der Waals surface area (Å²) in [6, 6.07) is 7.80. The zero-order valence-electron chi connectivity index (χ0n) is 14.0. The molecule has 6 nitrogen and oxygen atoms in total. The molecule has 0 bridgehead atoms. The zero-order valence-corrected chi connectivity index (χ0v) is 14.0. The number of aromatic nitrogens is 2. The van der Waals surface area contributed by atoms with Crippen LogP contribution in [-0.4, -0.2) is 28.0 Å². The van der Waals surface area contributed by atoms with E-state index in [0.29, 0.717) is 12.4 Å². The van der Waals surface area contributed by atoms with E-state index in [1.54, 1.807) is 16.6 Å². The fourth-order valence-corrected chi connectivity index (χ4v) is 2.78. The number of hydrogen-bond donors (Lipinski definition) is 1. The first-order valence-electron chi connectivity index (χ1n) is 7.68. The minimum atomic E-state index is -0.524. The summed E-state index contributed by atoms with van der Waals surface area (Å²) in [7, 11) is 1.80. The van der Waals surface area contributed by atoms with Crippen LogP contribution in [0.15, 0.2) is 24.3 Å². The maximum atomic E-state index is 12.5. The van der Waals surface area contributed by atoms with Crippen LogP contribution in [0.5, 0.6) is 0 Å². The topological polar surface area (TPSA) is 73.4 Å². The molecule has 2 heterocycles. The maximum Gasteiger partial charge on any atom is 0.414 e. The molecule has 0 saturated heterocycles. The van der Waals surface area contributed by atoms with Gasteiger partial charge in [0.05, 0.1) is 11.4 Å². The number of rotatable bonds is 1. The van der Waals surface area contributed by atoms with Crippen LogP contribution in [0.2, 0.25) is 0 Å². The second-order valence-electron chi connectivity index (χ2n) is 6.77. The van der Waals surface area contributed by atoms with Crippen molar-refractivity contribution in [1.29, 1.82) is 0 Å². The van der Waals surface area contributed by atoms with E-state index in [0.717, 1.165) is 28.9 Å². The number of aryl methyl sites for hydroxylation is 1. The molecule has 0 fully saturated rings. The number of carbonyl (C=O) groups excluding carboxylic acids is 1. The number of nitrogen functional groups attached to an aromatic ring is 1. The SMILES string of the molecule is Cn1nc(-c2cccc3c2N(C(=O)OC(C)(C)C)CC3)cc1N. The molecule has 1 aromatic carbocycles. The molecule has 0 atom stereocenters. The van der Waals surface area contributed by atoms with Crippen LogP contribution < -0.4 is 10.6 Å². The highest BCUT2D eigenvalue weighted by Crippen LogP contribution is 2.38. The molecule has 2 N–H and O–H groups in total. The van der Waals surface area contributed by atoms with E-state index in [2.05, 4.69) is 5.10 Å². The lowest BCUT2D eigenvalue weighted by atomic mass is 10.0. The summed E-state index contributed by atoms with van der Waals surface area (Å²) in [5.41, 5.74) is 9.03. The third-order valence-electron chi connectivity index (χ3n) is 3.80. The Morgan fingerprint density at radius 1 is 1.35 bits per heavy atom. The van der Waals surface area contributed by atoms with Crippen molar-refractivity contribution in [1.82, 2.24) is 9.78 Å². The number of fused-ring (bicyclic) bond motifs is 1. The summed E-state index contributed by atoms with van der Waals surface area (Å²) in [5.74, 6) is 0.583. The van der Waals surface area contributed by atoms with Crippen molar-refractivity contribution < 1.29 is 9.53 Å². The van der Waals surface area contributed by atoms with Crippen molar-refractivity contribution in [2.45, 2.75) is 32.8 Å². The summed E-state index contributed by atoms with van der Waals surface area (Å²) >= 11 is 0. The van der Waals surface area contributed by atoms with Gasteiger partial charge in [-0.25, -0.2) is 4.79 Å². The smallest absolute Gasteiger partial charge is 0.414 e. The number of hydrogen-bond acceptors (Lipinski definition) is 4. The first kappa shape index (κ1) is 15.4. The predicted octanol–water partition coefficient (Wildman–Crippen LogP) is 2.97. The second-order valence-corrected chi connectivity index (χ2v) is 6.77. The van der Waals surface area contributed by atoms with Crippen molar-refractivity contribution in [2.24, 2.45) is 7.05 Å². The quantitative estimate of drug-likeness (QED) is 0.878. The van der Waals surface area contributed by atoms with Crippen LogP contribution in [0, 0.1) is 0 Å². The average Bonchev–Trinajstić information content (AvgIpc) is 3.01. The van der Waals surface area contributed by atoms with Crippen LogP contribution >= 0.6 is 0 Å². The summed E-state index contributed by atoms with van der Waals surface area (Å²) in [6.07, 6.45) is 0.484. The van der Waals surface area contributed by atoms with Crippen molar-refractivity contribution in [3.8, 4) is 11.3 Å². The molecule has 1 aromatic heterocycles. The molecule has 0 radical (unpaired) electrons. The predicted molar refractivity (Wildman–Crippen MR) is 90.3 cm³/mol. The molecule has 1 amide bonds. The van der Waals surface area contributed by atoms with Crippen LogP contribution in [0.1, 0.15) is 26.3 Å². The molecule has 0 unspecified atom stereocenters. The Bertz CT molecular complexity index is 739. The molecule has 0 spiro atoms. The van der Waals surface area contributed by atoms with Gasteiger partial charge in [0.2, 0.25) is 0 Å². The van der Waals surface area contributed by atoms with E-state index in [9.17, 15) is 4.79 Å². The van der Waals surface area contributed by atoms with Gasteiger partial charge >= 0.3 is 6.09 Å². The first-order chi connectivity index (χ1) is 10.8. The third-order valence-corrected chi connectivity index (χ3v) is 3.80. The molecule has 0 aliphatic carbocycles. The van der Waals surface area contributed by atoms with E-state index in [1.807, 2.05) is 45.0 Å². The molecule has 1 aliphatic rings. The minimum Gasteiger partial charge on any atom is -0.443 e. The van der Waals surface area contributed by atoms with Gasteiger partial charge in [0.25, 0.3) is 0 Å². The van der Waals surface area contributed by atoms with E-state index in [1.165, 1.54) is 0 Å². The fourth-order valence-electron chi connectivity index (χ4n) is 2.78. The van der Waals surface area contributed by atoms with E-state index in [4.69, 9.17) is 10.5 Å². The van der Waals surface area contributed by atoms with Gasteiger partial charge in [-0.05, 0) is 32.8 Å². The standard InChI is InChI=1S/C17H22N4O2/c1-17(2,3)23-16(22)21-9-8-11-6-5-7-12(15(11)21)13-10-14(18)20(4)19-13/h5-7,10H,8-9,18H2,1-4H3. The van der Waals surface area contributed by atoms with Crippen LogP contribution in [0.25, 0.3) is 11.3 Å². The molecule has 0 saturated carbocycles. The monoisotopic (exact) mass is 314 g/mol. The normalized spacial score (nSPS) is 14.0. The second kappa shape index (κ2) is 5.30. The van der Waals surface area contributed by atoms with Gasteiger partial charge in [-0.1, -0.05) is 18.2 Å². The number of benzene rings is 1. The third kappa shape index (κ3) is 2.88. The number of nitrogens with zero attached hydrogens (tertiary/aromatic N) is 3. The number of anilines is 2. The Labute approximate surface area is 135 Å². The lowest BCUT2D eigenvalue weighted by Crippen LogP contribution is -2.35. The number of amides is 1.